The highest BCUT2D eigenvalue weighted by Gasteiger charge is 2.12. The van der Waals surface area contributed by atoms with Crippen molar-refractivity contribution in [1.82, 2.24) is 0 Å². The Kier molecular flexibility index (Phi) is 5.12. The number of anilines is 2. The Morgan fingerprint density at radius 3 is 2.25 bits per heavy atom. The minimum Gasteiger partial charge on any atom is -0.311 e. The number of benzene rings is 3. The summed E-state index contributed by atoms with van der Waals surface area (Å²) in [5.41, 5.74) is 3.55. The first-order valence-electron chi connectivity index (χ1n) is 8.50. The lowest BCUT2D eigenvalue weighted by Gasteiger charge is -2.27. The Balaban J connectivity index is 2.17. The summed E-state index contributed by atoms with van der Waals surface area (Å²) in [6.45, 7) is 4.24. The van der Waals surface area contributed by atoms with E-state index in [0.29, 0.717) is 0 Å². The van der Waals surface area contributed by atoms with Gasteiger partial charge in [0.05, 0.1) is 0 Å². The molecule has 0 saturated carbocycles. The smallest absolute Gasteiger partial charge is 0.0467 e. The third-order valence-electron chi connectivity index (χ3n) is 4.01. The predicted molar refractivity (Wildman–Crippen MR) is 106 cm³/mol. The van der Waals surface area contributed by atoms with Crippen LogP contribution in [0.15, 0.2) is 96.7 Å². The molecule has 0 heterocycles. The van der Waals surface area contributed by atoms with Gasteiger partial charge in [-0.05, 0) is 54.5 Å². The lowest BCUT2D eigenvalue weighted by Crippen LogP contribution is -2.15. The Morgan fingerprint density at radius 2 is 1.54 bits per heavy atom. The number of hydrogen-bond donors (Lipinski definition) is 0. The summed E-state index contributed by atoms with van der Waals surface area (Å²) >= 11 is 0. The van der Waals surface area contributed by atoms with E-state index in [1.54, 1.807) is 0 Å². The summed E-state index contributed by atoms with van der Waals surface area (Å²) in [5.74, 6) is 0. The van der Waals surface area contributed by atoms with Crippen LogP contribution in [0.4, 0.5) is 11.4 Å². The molecule has 3 aromatic carbocycles. The first-order chi connectivity index (χ1) is 11.8. The monoisotopic (exact) mass is 313 g/mol. The van der Waals surface area contributed by atoms with E-state index in [2.05, 4.69) is 110 Å². The third kappa shape index (κ3) is 3.41. The molecule has 24 heavy (non-hydrogen) atoms. The van der Waals surface area contributed by atoms with E-state index in [4.69, 9.17) is 0 Å². The molecule has 0 saturated heterocycles. The summed E-state index contributed by atoms with van der Waals surface area (Å²) in [5, 5.41) is 2.52. The Labute approximate surface area is 144 Å². The quantitative estimate of drug-likeness (QED) is 0.466. The van der Waals surface area contributed by atoms with Crippen LogP contribution < -0.4 is 4.90 Å². The molecule has 3 aromatic rings. The van der Waals surface area contributed by atoms with Gasteiger partial charge in [0.15, 0.2) is 0 Å². The van der Waals surface area contributed by atoms with Crippen LogP contribution in [-0.2, 0) is 0 Å². The zero-order valence-corrected chi connectivity index (χ0v) is 14.3. The van der Waals surface area contributed by atoms with Gasteiger partial charge in [0, 0.05) is 17.1 Å². The summed E-state index contributed by atoms with van der Waals surface area (Å²) in [6.07, 6.45) is 7.53. The number of fused-ring (bicyclic) bond motifs is 1. The average Bonchev–Trinajstić information content (AvgIpc) is 2.63. The van der Waals surface area contributed by atoms with Crippen molar-refractivity contribution in [2.45, 2.75) is 20.3 Å². The summed E-state index contributed by atoms with van der Waals surface area (Å²) in [4.78, 5) is 2.32. The zero-order valence-electron chi connectivity index (χ0n) is 14.3. The fraction of sp³-hybridized carbons (Fsp3) is 0.130. The van der Waals surface area contributed by atoms with E-state index in [9.17, 15) is 0 Å². The van der Waals surface area contributed by atoms with E-state index in [-0.39, 0.29) is 0 Å². The number of allylic oxidation sites excluding steroid dienone is 3. The lowest BCUT2D eigenvalue weighted by atomic mass is 10.1. The molecule has 0 N–H and O–H groups in total. The maximum Gasteiger partial charge on any atom is 0.0467 e. The van der Waals surface area contributed by atoms with Gasteiger partial charge in [0.25, 0.3) is 0 Å². The molecule has 0 aliphatic heterocycles. The van der Waals surface area contributed by atoms with Gasteiger partial charge in [0.2, 0.25) is 0 Å². The van der Waals surface area contributed by atoms with E-state index in [1.165, 1.54) is 27.8 Å². The van der Waals surface area contributed by atoms with Crippen LogP contribution in [0.2, 0.25) is 0 Å². The van der Waals surface area contributed by atoms with Gasteiger partial charge in [-0.15, -0.1) is 0 Å². The highest BCUT2D eigenvalue weighted by molar-refractivity contribution is 5.87. The second-order valence-electron chi connectivity index (χ2n) is 5.74. The van der Waals surface area contributed by atoms with Crippen LogP contribution in [0, 0.1) is 0 Å². The molecule has 1 heteroatoms. The van der Waals surface area contributed by atoms with Crippen LogP contribution in [-0.4, -0.2) is 0 Å². The molecular weight excluding hydrogens is 290 g/mol. The molecule has 3 rings (SSSR count). The van der Waals surface area contributed by atoms with Crippen LogP contribution in [0.1, 0.15) is 20.3 Å². The molecule has 0 bridgehead atoms. The first-order valence-corrected chi connectivity index (χ1v) is 8.50. The van der Waals surface area contributed by atoms with Crippen molar-refractivity contribution >= 4 is 22.1 Å². The molecule has 120 valence electrons. The minimum atomic E-state index is 0.997. The van der Waals surface area contributed by atoms with E-state index in [1.807, 2.05) is 0 Å². The number of hydrogen-bond acceptors (Lipinski definition) is 1. The van der Waals surface area contributed by atoms with Gasteiger partial charge in [-0.3, -0.25) is 0 Å². The molecule has 1 nitrogen and oxygen atoms in total. The van der Waals surface area contributed by atoms with Gasteiger partial charge >= 0.3 is 0 Å². The van der Waals surface area contributed by atoms with Crippen molar-refractivity contribution in [3.8, 4) is 0 Å². The second-order valence-corrected chi connectivity index (χ2v) is 5.74. The molecule has 0 atom stereocenters. The second kappa shape index (κ2) is 7.65. The van der Waals surface area contributed by atoms with Gasteiger partial charge < -0.3 is 4.90 Å². The molecule has 0 unspecified atom stereocenters. The number of nitrogens with zero attached hydrogens (tertiary/aromatic N) is 1. The molecule has 0 aliphatic rings. The highest BCUT2D eigenvalue weighted by Crippen LogP contribution is 2.32. The van der Waals surface area contributed by atoms with Crippen molar-refractivity contribution < 1.29 is 0 Å². The van der Waals surface area contributed by atoms with Gasteiger partial charge in [-0.1, -0.05) is 67.6 Å². The summed E-state index contributed by atoms with van der Waals surface area (Å²) < 4.78 is 0. The van der Waals surface area contributed by atoms with Crippen molar-refractivity contribution in [1.29, 1.82) is 0 Å². The normalized spacial score (nSPS) is 12.0. The standard InChI is InChI=1S/C23H23N/c1-3-10-21(11-4-2)24(22-14-6-5-7-15-22)23-17-16-19-12-8-9-13-20(19)18-23/h3,5-18H,4H2,1-2H3/b10-3-,21-11+. The fourth-order valence-corrected chi connectivity index (χ4v) is 2.95. The van der Waals surface area contributed by atoms with Crippen molar-refractivity contribution in [3.05, 3.63) is 96.7 Å². The van der Waals surface area contributed by atoms with Gasteiger partial charge in [-0.2, -0.15) is 0 Å². The summed E-state index contributed by atoms with van der Waals surface area (Å²) in [7, 11) is 0. The molecule has 0 spiro atoms. The minimum absolute atomic E-state index is 0.997. The maximum absolute atomic E-state index is 2.32. The SMILES string of the molecule is C/C=C\C(=C/CC)N(c1ccccc1)c1ccc2ccccc2c1. The molecule has 0 fully saturated rings. The predicted octanol–water partition coefficient (Wildman–Crippen LogP) is 6.85. The Bertz CT molecular complexity index is 859. The van der Waals surface area contributed by atoms with Crippen molar-refractivity contribution in [3.63, 3.8) is 0 Å². The van der Waals surface area contributed by atoms with Gasteiger partial charge in [-0.25, -0.2) is 0 Å². The maximum atomic E-state index is 2.32. The largest absolute Gasteiger partial charge is 0.311 e. The molecule has 0 aromatic heterocycles. The topological polar surface area (TPSA) is 3.24 Å². The number of rotatable bonds is 5. The Hall–Kier alpha value is -2.80. The average molecular weight is 313 g/mol. The van der Waals surface area contributed by atoms with E-state index < -0.39 is 0 Å². The first kappa shape index (κ1) is 16.1. The van der Waals surface area contributed by atoms with Crippen LogP contribution >= 0.6 is 0 Å². The van der Waals surface area contributed by atoms with Crippen molar-refractivity contribution in [2.75, 3.05) is 4.90 Å². The van der Waals surface area contributed by atoms with E-state index >= 15 is 0 Å². The van der Waals surface area contributed by atoms with Gasteiger partial charge in [0.1, 0.15) is 0 Å². The zero-order chi connectivity index (χ0) is 16.8. The number of para-hydroxylation sites is 1. The molecule has 0 aliphatic carbocycles. The Morgan fingerprint density at radius 1 is 0.833 bits per heavy atom. The van der Waals surface area contributed by atoms with Crippen molar-refractivity contribution in [2.24, 2.45) is 0 Å². The van der Waals surface area contributed by atoms with Crippen LogP contribution in [0.5, 0.6) is 0 Å². The van der Waals surface area contributed by atoms with Crippen LogP contribution in [0.25, 0.3) is 10.8 Å². The fourth-order valence-electron chi connectivity index (χ4n) is 2.95. The molecule has 0 amide bonds. The van der Waals surface area contributed by atoms with Crippen LogP contribution in [0.3, 0.4) is 0 Å². The van der Waals surface area contributed by atoms with E-state index in [0.717, 1.165) is 6.42 Å². The summed E-state index contributed by atoms with van der Waals surface area (Å²) in [6, 6.07) is 25.7. The lowest BCUT2D eigenvalue weighted by molar-refractivity contribution is 1.14. The third-order valence-corrected chi connectivity index (χ3v) is 4.01. The molecule has 0 radical (unpaired) electrons. The molecular formula is C23H23N. The highest BCUT2D eigenvalue weighted by atomic mass is 15.1.